The topological polar surface area (TPSA) is 86.9 Å². The molecular weight excluding hydrogens is 364 g/mol. The number of fused-ring (bicyclic) bond motifs is 1. The first-order chi connectivity index (χ1) is 14.2. The lowest BCUT2D eigenvalue weighted by molar-refractivity contribution is -0.120. The Morgan fingerprint density at radius 1 is 1.00 bits per heavy atom. The lowest BCUT2D eigenvalue weighted by Crippen LogP contribution is -2.24. The van der Waals surface area contributed by atoms with Gasteiger partial charge in [0.05, 0.1) is 5.39 Å². The number of carbonyl (C=O) groups is 1. The number of hydrogen-bond acceptors (Lipinski definition) is 4. The molecule has 2 aromatic carbocycles. The number of aromatic amines is 1. The van der Waals surface area contributed by atoms with Crippen LogP contribution < -0.4 is 16.2 Å². The molecule has 1 heterocycles. The van der Waals surface area contributed by atoms with Crippen LogP contribution in [0.5, 0.6) is 0 Å². The fraction of sp³-hybridized carbons (Fsp3) is 0.348. The second kappa shape index (κ2) is 8.90. The maximum Gasteiger partial charge on any atom is 0.272 e. The minimum atomic E-state index is -0.183. The van der Waals surface area contributed by atoms with Crippen molar-refractivity contribution in [3.8, 4) is 0 Å². The summed E-state index contributed by atoms with van der Waals surface area (Å²) in [4.78, 5) is 24.2. The summed E-state index contributed by atoms with van der Waals surface area (Å²) < 4.78 is 0. The van der Waals surface area contributed by atoms with Gasteiger partial charge in [-0.05, 0) is 43.0 Å². The fourth-order valence-electron chi connectivity index (χ4n) is 3.94. The van der Waals surface area contributed by atoms with Crippen LogP contribution in [0.2, 0.25) is 0 Å². The van der Waals surface area contributed by atoms with E-state index in [0.717, 1.165) is 43.2 Å². The second-order valence-corrected chi connectivity index (χ2v) is 7.64. The first-order valence-electron chi connectivity index (χ1n) is 10.3. The normalized spacial score (nSPS) is 14.6. The van der Waals surface area contributed by atoms with Crippen LogP contribution in [0.25, 0.3) is 10.8 Å². The summed E-state index contributed by atoms with van der Waals surface area (Å²) in [6.45, 7) is 0.691. The molecule has 4 rings (SSSR count). The Kier molecular flexibility index (Phi) is 5.89. The molecule has 1 saturated carbocycles. The molecule has 6 heteroatoms. The Morgan fingerprint density at radius 3 is 2.48 bits per heavy atom. The standard InChI is InChI=1S/C23H26N4O2/c28-22(17-6-2-1-3-7-17)25-18-12-10-16(11-13-18)14-15-24-21-19-8-4-5-9-20(19)23(29)27-26-21/h4-5,8-13,17H,1-3,6-7,14-15H2,(H,24,26)(H,25,28)(H,27,29). The van der Waals surface area contributed by atoms with Gasteiger partial charge in [0.1, 0.15) is 0 Å². The molecular formula is C23H26N4O2. The van der Waals surface area contributed by atoms with E-state index in [1.165, 1.54) is 12.0 Å². The summed E-state index contributed by atoms with van der Waals surface area (Å²) >= 11 is 0. The molecule has 0 unspecified atom stereocenters. The van der Waals surface area contributed by atoms with Gasteiger partial charge in [-0.25, -0.2) is 5.10 Å². The van der Waals surface area contributed by atoms with E-state index >= 15 is 0 Å². The molecule has 0 radical (unpaired) electrons. The van der Waals surface area contributed by atoms with Gasteiger partial charge >= 0.3 is 0 Å². The third kappa shape index (κ3) is 4.65. The van der Waals surface area contributed by atoms with Crippen molar-refractivity contribution in [2.75, 3.05) is 17.2 Å². The van der Waals surface area contributed by atoms with E-state index in [9.17, 15) is 9.59 Å². The minimum absolute atomic E-state index is 0.148. The zero-order valence-corrected chi connectivity index (χ0v) is 16.4. The highest BCUT2D eigenvalue weighted by Crippen LogP contribution is 2.25. The van der Waals surface area contributed by atoms with Gasteiger partial charge in [0.25, 0.3) is 5.56 Å². The number of H-pyrrole nitrogens is 1. The Morgan fingerprint density at radius 2 is 1.72 bits per heavy atom. The molecule has 1 aliphatic rings. The van der Waals surface area contributed by atoms with Crippen LogP contribution in [0.3, 0.4) is 0 Å². The highest BCUT2D eigenvalue weighted by atomic mass is 16.2. The van der Waals surface area contributed by atoms with E-state index in [4.69, 9.17) is 0 Å². The molecule has 0 bridgehead atoms. The largest absolute Gasteiger partial charge is 0.368 e. The third-order valence-electron chi connectivity index (χ3n) is 5.60. The molecule has 0 atom stereocenters. The molecule has 3 aromatic rings. The van der Waals surface area contributed by atoms with Crippen LogP contribution >= 0.6 is 0 Å². The van der Waals surface area contributed by atoms with Crippen LogP contribution in [-0.4, -0.2) is 22.6 Å². The van der Waals surface area contributed by atoms with E-state index in [2.05, 4.69) is 20.8 Å². The maximum atomic E-state index is 12.4. The monoisotopic (exact) mass is 390 g/mol. The zero-order chi connectivity index (χ0) is 20.1. The molecule has 6 nitrogen and oxygen atoms in total. The van der Waals surface area contributed by atoms with E-state index < -0.39 is 0 Å². The number of rotatable bonds is 6. The quantitative estimate of drug-likeness (QED) is 0.591. The first kappa shape index (κ1) is 19.2. The highest BCUT2D eigenvalue weighted by molar-refractivity contribution is 5.92. The lowest BCUT2D eigenvalue weighted by Gasteiger charge is -2.20. The van der Waals surface area contributed by atoms with Gasteiger partial charge in [-0.2, -0.15) is 5.10 Å². The van der Waals surface area contributed by atoms with E-state index in [-0.39, 0.29) is 17.4 Å². The average molecular weight is 390 g/mol. The van der Waals surface area contributed by atoms with Gasteiger partial charge in [-0.15, -0.1) is 0 Å². The second-order valence-electron chi connectivity index (χ2n) is 7.64. The number of hydrogen-bond donors (Lipinski definition) is 3. The van der Waals surface area contributed by atoms with Crippen LogP contribution in [0.1, 0.15) is 37.7 Å². The van der Waals surface area contributed by atoms with Gasteiger partial charge in [0.2, 0.25) is 5.91 Å². The molecule has 0 aliphatic heterocycles. The number of carbonyl (C=O) groups excluding carboxylic acids is 1. The number of anilines is 2. The van der Waals surface area contributed by atoms with Crippen LogP contribution in [-0.2, 0) is 11.2 Å². The van der Waals surface area contributed by atoms with Crippen LogP contribution in [0.15, 0.2) is 53.3 Å². The molecule has 0 saturated heterocycles. The SMILES string of the molecule is O=C(Nc1ccc(CCNc2n[nH]c(=O)c3ccccc23)cc1)C1CCCCC1. The van der Waals surface area contributed by atoms with Gasteiger partial charge < -0.3 is 10.6 Å². The van der Waals surface area contributed by atoms with Gasteiger partial charge in [-0.1, -0.05) is 49.6 Å². The summed E-state index contributed by atoms with van der Waals surface area (Å²) in [6, 6.07) is 15.4. The van der Waals surface area contributed by atoms with Crippen molar-refractivity contribution in [3.05, 3.63) is 64.4 Å². The maximum absolute atomic E-state index is 12.4. The Hall–Kier alpha value is -3.15. The summed E-state index contributed by atoms with van der Waals surface area (Å²) in [6.07, 6.45) is 6.38. The average Bonchev–Trinajstić information content (AvgIpc) is 2.77. The number of amides is 1. The summed E-state index contributed by atoms with van der Waals surface area (Å²) in [7, 11) is 0. The smallest absolute Gasteiger partial charge is 0.272 e. The Balaban J connectivity index is 1.32. The van der Waals surface area contributed by atoms with E-state index in [1.54, 1.807) is 6.07 Å². The summed E-state index contributed by atoms with van der Waals surface area (Å²) in [5, 5.41) is 14.5. The molecule has 150 valence electrons. The van der Waals surface area contributed by atoms with Crippen molar-refractivity contribution in [2.24, 2.45) is 5.92 Å². The zero-order valence-electron chi connectivity index (χ0n) is 16.4. The van der Waals surface area contributed by atoms with Crippen molar-refractivity contribution in [1.82, 2.24) is 10.2 Å². The number of nitrogens with zero attached hydrogens (tertiary/aromatic N) is 1. The van der Waals surface area contributed by atoms with Crippen LogP contribution in [0.4, 0.5) is 11.5 Å². The number of benzene rings is 2. The molecule has 0 spiro atoms. The van der Waals surface area contributed by atoms with Gasteiger partial charge in [0.15, 0.2) is 5.82 Å². The summed E-state index contributed by atoms with van der Waals surface area (Å²) in [5.41, 5.74) is 1.84. The predicted octanol–water partition coefficient (Wildman–Crippen LogP) is 4.10. The fourth-order valence-corrected chi connectivity index (χ4v) is 3.94. The Labute approximate surface area is 169 Å². The van der Waals surface area contributed by atoms with Crippen molar-refractivity contribution in [2.45, 2.75) is 38.5 Å². The van der Waals surface area contributed by atoms with E-state index in [1.807, 2.05) is 42.5 Å². The lowest BCUT2D eigenvalue weighted by atomic mass is 9.88. The minimum Gasteiger partial charge on any atom is -0.368 e. The number of aromatic nitrogens is 2. The third-order valence-corrected chi connectivity index (χ3v) is 5.60. The summed E-state index contributed by atoms with van der Waals surface area (Å²) in [5.74, 6) is 0.985. The molecule has 3 N–H and O–H groups in total. The Bertz CT molecular complexity index is 1040. The molecule has 1 aromatic heterocycles. The molecule has 29 heavy (non-hydrogen) atoms. The van der Waals surface area contributed by atoms with Gasteiger partial charge in [-0.3, -0.25) is 9.59 Å². The van der Waals surface area contributed by atoms with Crippen LogP contribution in [0, 0.1) is 5.92 Å². The number of nitrogens with one attached hydrogen (secondary N) is 3. The molecule has 1 amide bonds. The van der Waals surface area contributed by atoms with E-state index in [0.29, 0.717) is 17.7 Å². The molecule has 1 aliphatic carbocycles. The first-order valence-corrected chi connectivity index (χ1v) is 10.3. The van der Waals surface area contributed by atoms with Crippen molar-refractivity contribution in [1.29, 1.82) is 0 Å². The predicted molar refractivity (Wildman–Crippen MR) is 116 cm³/mol. The van der Waals surface area contributed by atoms with Gasteiger partial charge in [0, 0.05) is 23.5 Å². The van der Waals surface area contributed by atoms with Crippen molar-refractivity contribution >= 4 is 28.2 Å². The van der Waals surface area contributed by atoms with Crippen molar-refractivity contribution < 1.29 is 4.79 Å². The van der Waals surface area contributed by atoms with Crippen molar-refractivity contribution in [3.63, 3.8) is 0 Å². The highest BCUT2D eigenvalue weighted by Gasteiger charge is 2.20. The molecule has 1 fully saturated rings.